The van der Waals surface area contributed by atoms with Gasteiger partial charge in [0, 0.05) is 17.7 Å². The first-order valence-electron chi connectivity index (χ1n) is 5.96. The van der Waals surface area contributed by atoms with Gasteiger partial charge in [0.2, 0.25) is 0 Å². The molecule has 17 heavy (non-hydrogen) atoms. The van der Waals surface area contributed by atoms with Crippen LogP contribution < -0.4 is 5.32 Å². The Bertz CT molecular complexity index is 451. The van der Waals surface area contributed by atoms with Crippen molar-refractivity contribution >= 4 is 11.5 Å². The van der Waals surface area contributed by atoms with E-state index in [0.717, 1.165) is 24.8 Å². The molecule has 0 radical (unpaired) electrons. The van der Waals surface area contributed by atoms with Crippen LogP contribution >= 0.6 is 0 Å². The van der Waals surface area contributed by atoms with Crippen molar-refractivity contribution in [1.29, 1.82) is 0 Å². The van der Waals surface area contributed by atoms with Crippen molar-refractivity contribution in [3.63, 3.8) is 0 Å². The van der Waals surface area contributed by atoms with Crippen LogP contribution in [0.15, 0.2) is 36.0 Å². The van der Waals surface area contributed by atoms with E-state index < -0.39 is 0 Å². The molecule has 0 saturated heterocycles. The lowest BCUT2D eigenvalue weighted by atomic mass is 9.86. The molecule has 0 spiro atoms. The summed E-state index contributed by atoms with van der Waals surface area (Å²) in [6.07, 6.45) is 4.59. The highest BCUT2D eigenvalue weighted by atomic mass is 16.3. The summed E-state index contributed by atoms with van der Waals surface area (Å²) in [5, 5.41) is 12.6. The monoisotopic (exact) mass is 231 g/mol. The van der Waals surface area contributed by atoms with E-state index in [9.17, 15) is 9.90 Å². The van der Waals surface area contributed by atoms with Crippen LogP contribution in [0.25, 0.3) is 0 Å². The molecule has 2 rings (SSSR count). The van der Waals surface area contributed by atoms with Gasteiger partial charge >= 0.3 is 0 Å². The van der Waals surface area contributed by atoms with Crippen LogP contribution in [0.3, 0.4) is 0 Å². The molecular weight excluding hydrogens is 214 g/mol. The van der Waals surface area contributed by atoms with Crippen LogP contribution in [-0.2, 0) is 4.79 Å². The second-order valence-electron chi connectivity index (χ2n) is 4.49. The highest BCUT2D eigenvalue weighted by molar-refractivity contribution is 5.97. The summed E-state index contributed by atoms with van der Waals surface area (Å²) >= 11 is 0. The fraction of sp³-hybridized carbons (Fsp3) is 0.357. The molecule has 0 heterocycles. The first kappa shape index (κ1) is 11.7. The molecule has 90 valence electrons. The molecule has 0 amide bonds. The Morgan fingerprint density at radius 1 is 1.41 bits per heavy atom. The van der Waals surface area contributed by atoms with Gasteiger partial charge in [-0.3, -0.25) is 4.79 Å². The van der Waals surface area contributed by atoms with Crippen molar-refractivity contribution in [2.24, 2.45) is 5.92 Å². The summed E-state index contributed by atoms with van der Waals surface area (Å²) in [5.74, 6) is 0.543. The molecule has 1 aromatic rings. The normalized spacial score (nSPS) is 22.8. The van der Waals surface area contributed by atoms with Gasteiger partial charge in [-0.1, -0.05) is 19.1 Å². The van der Waals surface area contributed by atoms with Crippen molar-refractivity contribution in [2.75, 3.05) is 5.32 Å². The number of hydrogen-bond donors (Lipinski definition) is 2. The standard InChI is InChI=1S/C14H17NO2/c1-10-5-4-6-11(14(10)17)9-15-12-7-2-3-8-13(12)16/h2-3,7-10,15-16H,4-6H2,1H3/b11-9-/t10-/m1/s1. The second kappa shape index (κ2) is 5.04. The van der Waals surface area contributed by atoms with E-state index in [1.165, 1.54) is 0 Å². The SMILES string of the molecule is C[C@@H]1CCC/C(=C/Nc2ccccc2O)C1=O. The van der Waals surface area contributed by atoms with Crippen molar-refractivity contribution < 1.29 is 9.90 Å². The number of ketones is 1. The zero-order valence-corrected chi connectivity index (χ0v) is 9.94. The summed E-state index contributed by atoms with van der Waals surface area (Å²) in [6.45, 7) is 1.97. The number of para-hydroxylation sites is 2. The number of rotatable bonds is 2. The predicted octanol–water partition coefficient (Wildman–Crippen LogP) is 3.08. The van der Waals surface area contributed by atoms with Gasteiger partial charge in [-0.05, 0) is 31.4 Å². The number of phenolic OH excluding ortho intramolecular Hbond substituents is 1. The molecule has 1 fully saturated rings. The van der Waals surface area contributed by atoms with E-state index in [-0.39, 0.29) is 17.5 Å². The van der Waals surface area contributed by atoms with Gasteiger partial charge < -0.3 is 10.4 Å². The number of carbonyl (C=O) groups is 1. The quantitative estimate of drug-likeness (QED) is 0.607. The average molecular weight is 231 g/mol. The van der Waals surface area contributed by atoms with Crippen LogP contribution in [0.2, 0.25) is 0 Å². The van der Waals surface area contributed by atoms with E-state index in [4.69, 9.17) is 0 Å². The molecule has 2 N–H and O–H groups in total. The minimum atomic E-state index is 0.126. The number of aromatic hydroxyl groups is 1. The molecular formula is C14H17NO2. The molecule has 1 atom stereocenters. The minimum absolute atomic E-state index is 0.126. The van der Waals surface area contributed by atoms with Crippen molar-refractivity contribution in [2.45, 2.75) is 26.2 Å². The average Bonchev–Trinajstić information content (AvgIpc) is 2.33. The van der Waals surface area contributed by atoms with Crippen LogP contribution in [0, 0.1) is 5.92 Å². The van der Waals surface area contributed by atoms with Gasteiger partial charge in [-0.15, -0.1) is 0 Å². The third-order valence-corrected chi connectivity index (χ3v) is 3.15. The maximum Gasteiger partial charge on any atom is 0.163 e. The van der Waals surface area contributed by atoms with Gasteiger partial charge in [0.15, 0.2) is 5.78 Å². The Morgan fingerprint density at radius 3 is 2.94 bits per heavy atom. The first-order chi connectivity index (χ1) is 8.18. The number of benzene rings is 1. The molecule has 1 aliphatic rings. The number of anilines is 1. The Balaban J connectivity index is 2.10. The lowest BCUT2D eigenvalue weighted by Gasteiger charge is -2.19. The van der Waals surface area contributed by atoms with Gasteiger partial charge in [-0.2, -0.15) is 0 Å². The zero-order chi connectivity index (χ0) is 12.3. The molecule has 0 aliphatic heterocycles. The molecule has 1 aromatic carbocycles. The van der Waals surface area contributed by atoms with Crippen molar-refractivity contribution in [1.82, 2.24) is 0 Å². The Morgan fingerprint density at radius 2 is 2.18 bits per heavy atom. The Hall–Kier alpha value is -1.77. The van der Waals surface area contributed by atoms with Crippen LogP contribution in [0.4, 0.5) is 5.69 Å². The summed E-state index contributed by atoms with van der Waals surface area (Å²) in [6, 6.07) is 7.00. The molecule has 3 nitrogen and oxygen atoms in total. The Labute approximate surface area is 101 Å². The fourth-order valence-corrected chi connectivity index (χ4v) is 2.07. The van der Waals surface area contributed by atoms with E-state index in [1.807, 2.05) is 13.0 Å². The topological polar surface area (TPSA) is 49.3 Å². The number of hydrogen-bond acceptors (Lipinski definition) is 3. The predicted molar refractivity (Wildman–Crippen MR) is 67.8 cm³/mol. The molecule has 0 unspecified atom stereocenters. The van der Waals surface area contributed by atoms with E-state index >= 15 is 0 Å². The van der Waals surface area contributed by atoms with Gasteiger partial charge in [0.1, 0.15) is 5.75 Å². The minimum Gasteiger partial charge on any atom is -0.506 e. The molecule has 0 aromatic heterocycles. The lowest BCUT2D eigenvalue weighted by molar-refractivity contribution is -0.119. The van der Waals surface area contributed by atoms with E-state index in [2.05, 4.69) is 5.32 Å². The van der Waals surface area contributed by atoms with Gasteiger partial charge in [0.05, 0.1) is 5.69 Å². The zero-order valence-electron chi connectivity index (χ0n) is 9.94. The number of Topliss-reactive ketones (excluding diaryl/α,β-unsaturated/α-hetero) is 1. The third-order valence-electron chi connectivity index (χ3n) is 3.15. The van der Waals surface area contributed by atoms with Crippen molar-refractivity contribution in [3.05, 3.63) is 36.0 Å². The molecule has 1 aliphatic carbocycles. The maximum atomic E-state index is 11.9. The van der Waals surface area contributed by atoms with E-state index in [1.54, 1.807) is 24.4 Å². The molecule has 3 heteroatoms. The summed E-state index contributed by atoms with van der Waals surface area (Å²) in [4.78, 5) is 11.9. The van der Waals surface area contributed by atoms with Crippen LogP contribution in [0.1, 0.15) is 26.2 Å². The highest BCUT2D eigenvalue weighted by Gasteiger charge is 2.22. The van der Waals surface area contributed by atoms with Crippen LogP contribution in [-0.4, -0.2) is 10.9 Å². The smallest absolute Gasteiger partial charge is 0.163 e. The fourth-order valence-electron chi connectivity index (χ4n) is 2.07. The molecule has 0 bridgehead atoms. The number of allylic oxidation sites excluding steroid dienone is 1. The summed E-state index contributed by atoms with van der Waals surface area (Å²) < 4.78 is 0. The highest BCUT2D eigenvalue weighted by Crippen LogP contribution is 2.26. The second-order valence-corrected chi connectivity index (χ2v) is 4.49. The van der Waals surface area contributed by atoms with Crippen LogP contribution in [0.5, 0.6) is 5.75 Å². The summed E-state index contributed by atoms with van der Waals surface area (Å²) in [7, 11) is 0. The largest absolute Gasteiger partial charge is 0.506 e. The number of phenols is 1. The third kappa shape index (κ3) is 2.67. The van der Waals surface area contributed by atoms with E-state index in [0.29, 0.717) is 5.69 Å². The number of nitrogens with one attached hydrogen (secondary N) is 1. The van der Waals surface area contributed by atoms with Gasteiger partial charge in [-0.25, -0.2) is 0 Å². The Kier molecular flexibility index (Phi) is 3.47. The first-order valence-corrected chi connectivity index (χ1v) is 5.96. The number of carbonyl (C=O) groups excluding carboxylic acids is 1. The lowest BCUT2D eigenvalue weighted by Crippen LogP contribution is -2.19. The maximum absolute atomic E-state index is 11.9. The molecule has 1 saturated carbocycles. The van der Waals surface area contributed by atoms with Crippen molar-refractivity contribution in [3.8, 4) is 5.75 Å². The van der Waals surface area contributed by atoms with Gasteiger partial charge in [0.25, 0.3) is 0 Å². The summed E-state index contributed by atoms with van der Waals surface area (Å²) in [5.41, 5.74) is 1.46.